The van der Waals surface area contributed by atoms with E-state index in [-0.39, 0.29) is 24.9 Å². The van der Waals surface area contributed by atoms with Gasteiger partial charge in [0.1, 0.15) is 0 Å². The third-order valence-corrected chi connectivity index (χ3v) is 3.12. The van der Waals surface area contributed by atoms with Crippen molar-refractivity contribution in [1.29, 1.82) is 0 Å². The molecule has 2 amide bonds. The van der Waals surface area contributed by atoms with Crippen molar-refractivity contribution in [2.45, 2.75) is 6.92 Å². The van der Waals surface area contributed by atoms with Gasteiger partial charge < -0.3 is 16.4 Å². The second-order valence-electron chi connectivity index (χ2n) is 4.41. The van der Waals surface area contributed by atoms with Crippen LogP contribution >= 0.6 is 15.9 Å². The average molecular weight is 343 g/mol. The number of likely N-dealkylation sites (N-methyl/N-ethyl adjacent to an activating group) is 2. The summed E-state index contributed by atoms with van der Waals surface area (Å²) < 4.78 is 0.720. The van der Waals surface area contributed by atoms with Crippen molar-refractivity contribution in [3.8, 4) is 0 Å². The van der Waals surface area contributed by atoms with Crippen LogP contribution in [0.3, 0.4) is 0 Å². The molecule has 0 radical (unpaired) electrons. The van der Waals surface area contributed by atoms with E-state index in [4.69, 9.17) is 5.73 Å². The second kappa shape index (κ2) is 7.86. The van der Waals surface area contributed by atoms with Crippen molar-refractivity contribution in [2.75, 3.05) is 37.7 Å². The number of hydrogen-bond donors (Lipinski definition) is 3. The Morgan fingerprint density at radius 3 is 2.55 bits per heavy atom. The topological polar surface area (TPSA) is 87.5 Å². The maximum absolute atomic E-state index is 11.9. The third kappa shape index (κ3) is 5.58. The molecule has 0 spiro atoms. The van der Waals surface area contributed by atoms with E-state index in [1.165, 1.54) is 0 Å². The van der Waals surface area contributed by atoms with Crippen molar-refractivity contribution in [1.82, 2.24) is 10.2 Å². The highest BCUT2D eigenvalue weighted by molar-refractivity contribution is 9.10. The number of anilines is 2. The summed E-state index contributed by atoms with van der Waals surface area (Å²) in [5, 5.41) is 5.44. The molecule has 110 valence electrons. The first-order chi connectivity index (χ1) is 9.42. The summed E-state index contributed by atoms with van der Waals surface area (Å²) in [7, 11) is 1.72. The van der Waals surface area contributed by atoms with Crippen molar-refractivity contribution in [3.05, 3.63) is 22.7 Å². The summed E-state index contributed by atoms with van der Waals surface area (Å²) >= 11 is 3.33. The number of nitrogens with zero attached hydrogens (tertiary/aromatic N) is 1. The van der Waals surface area contributed by atoms with E-state index in [1.807, 2.05) is 6.92 Å². The van der Waals surface area contributed by atoms with Crippen LogP contribution in [0, 0.1) is 0 Å². The summed E-state index contributed by atoms with van der Waals surface area (Å²) in [6, 6.07) is 5.15. The van der Waals surface area contributed by atoms with Gasteiger partial charge in [-0.3, -0.25) is 14.5 Å². The van der Waals surface area contributed by atoms with Gasteiger partial charge in [0.15, 0.2) is 0 Å². The molecule has 0 bridgehead atoms. The van der Waals surface area contributed by atoms with Crippen LogP contribution in [0.2, 0.25) is 0 Å². The number of carbonyl (C=O) groups excluding carboxylic acids is 2. The van der Waals surface area contributed by atoms with Crippen LogP contribution in [-0.4, -0.2) is 43.4 Å². The number of nitrogen functional groups attached to an aromatic ring is 1. The summed E-state index contributed by atoms with van der Waals surface area (Å²) in [5.41, 5.74) is 6.89. The van der Waals surface area contributed by atoms with Gasteiger partial charge >= 0.3 is 0 Å². The van der Waals surface area contributed by atoms with Gasteiger partial charge in [-0.1, -0.05) is 0 Å². The van der Waals surface area contributed by atoms with E-state index < -0.39 is 0 Å². The lowest BCUT2D eigenvalue weighted by Crippen LogP contribution is -2.38. The number of halogens is 1. The quantitative estimate of drug-likeness (QED) is 0.674. The van der Waals surface area contributed by atoms with E-state index in [2.05, 4.69) is 26.6 Å². The van der Waals surface area contributed by atoms with Gasteiger partial charge in [-0.15, -0.1) is 0 Å². The molecule has 0 unspecified atom stereocenters. The monoisotopic (exact) mass is 342 g/mol. The van der Waals surface area contributed by atoms with Crippen LogP contribution in [0.5, 0.6) is 0 Å². The van der Waals surface area contributed by atoms with Gasteiger partial charge in [-0.2, -0.15) is 0 Å². The van der Waals surface area contributed by atoms with Gasteiger partial charge in [0.25, 0.3) is 0 Å². The van der Waals surface area contributed by atoms with Gasteiger partial charge in [0, 0.05) is 16.7 Å². The van der Waals surface area contributed by atoms with E-state index in [0.717, 1.165) is 4.47 Å². The molecule has 1 aromatic rings. The highest BCUT2D eigenvalue weighted by Crippen LogP contribution is 2.24. The van der Waals surface area contributed by atoms with Crippen molar-refractivity contribution in [3.63, 3.8) is 0 Å². The Kier molecular flexibility index (Phi) is 6.47. The molecule has 0 aliphatic carbocycles. The predicted octanol–water partition coefficient (Wildman–Crippen LogP) is 1.04. The molecule has 0 atom stereocenters. The molecule has 0 aromatic heterocycles. The molecular formula is C13H19BrN4O2. The van der Waals surface area contributed by atoms with Crippen molar-refractivity contribution in [2.24, 2.45) is 0 Å². The van der Waals surface area contributed by atoms with E-state index >= 15 is 0 Å². The number of nitrogens with two attached hydrogens (primary N) is 1. The summed E-state index contributed by atoms with van der Waals surface area (Å²) in [4.78, 5) is 24.9. The molecule has 0 saturated heterocycles. The van der Waals surface area contributed by atoms with Gasteiger partial charge in [0.05, 0.1) is 18.8 Å². The Labute approximate surface area is 126 Å². The second-order valence-corrected chi connectivity index (χ2v) is 5.27. The number of amides is 2. The van der Waals surface area contributed by atoms with Crippen molar-refractivity contribution >= 4 is 39.1 Å². The maximum Gasteiger partial charge on any atom is 0.238 e. The lowest BCUT2D eigenvalue weighted by Gasteiger charge is -2.16. The fraction of sp³-hybridized carbons (Fsp3) is 0.385. The lowest BCUT2D eigenvalue weighted by molar-refractivity contribution is -0.122. The van der Waals surface area contributed by atoms with Crippen LogP contribution < -0.4 is 16.4 Å². The number of rotatable bonds is 6. The zero-order chi connectivity index (χ0) is 15.1. The number of hydrogen-bond acceptors (Lipinski definition) is 4. The molecule has 0 saturated carbocycles. The number of carbonyl (C=O) groups is 2. The van der Waals surface area contributed by atoms with Crippen LogP contribution in [0.25, 0.3) is 0 Å². The van der Waals surface area contributed by atoms with Crippen LogP contribution in [-0.2, 0) is 9.59 Å². The highest BCUT2D eigenvalue weighted by Gasteiger charge is 2.11. The van der Waals surface area contributed by atoms with Gasteiger partial charge in [-0.25, -0.2) is 0 Å². The zero-order valence-electron chi connectivity index (χ0n) is 11.6. The number of benzene rings is 1. The molecular weight excluding hydrogens is 324 g/mol. The maximum atomic E-state index is 11.9. The van der Waals surface area contributed by atoms with Crippen molar-refractivity contribution < 1.29 is 9.59 Å². The fourth-order valence-corrected chi connectivity index (χ4v) is 2.12. The first kappa shape index (κ1) is 16.5. The molecule has 4 N–H and O–H groups in total. The zero-order valence-corrected chi connectivity index (χ0v) is 13.2. The molecule has 0 heterocycles. The summed E-state index contributed by atoms with van der Waals surface area (Å²) in [6.07, 6.45) is 0. The van der Waals surface area contributed by atoms with Crippen LogP contribution in [0.15, 0.2) is 22.7 Å². The molecule has 1 aromatic carbocycles. The standard InChI is InChI=1S/C13H19BrN4O2/c1-3-16-12(19)7-18(2)8-13(20)17-11-5-4-9(15)6-10(11)14/h4-6H,3,7-8,15H2,1-2H3,(H,16,19)(H,17,20). The first-order valence-corrected chi connectivity index (χ1v) is 7.01. The minimum atomic E-state index is -0.192. The molecule has 1 rings (SSSR count). The Morgan fingerprint density at radius 2 is 1.95 bits per heavy atom. The Hall–Kier alpha value is -1.60. The SMILES string of the molecule is CCNC(=O)CN(C)CC(=O)Nc1ccc(N)cc1Br. The average Bonchev–Trinajstić information content (AvgIpc) is 2.32. The normalized spacial score (nSPS) is 10.4. The Bertz CT molecular complexity index is 493. The van der Waals surface area contributed by atoms with E-state index in [1.54, 1.807) is 30.1 Å². The smallest absolute Gasteiger partial charge is 0.238 e. The Morgan fingerprint density at radius 1 is 1.30 bits per heavy atom. The van der Waals surface area contributed by atoms with Gasteiger partial charge in [-0.05, 0) is 48.1 Å². The minimum absolute atomic E-state index is 0.100. The van der Waals surface area contributed by atoms with Crippen LogP contribution in [0.4, 0.5) is 11.4 Å². The van der Waals surface area contributed by atoms with Crippen LogP contribution in [0.1, 0.15) is 6.92 Å². The fourth-order valence-electron chi connectivity index (χ4n) is 1.62. The minimum Gasteiger partial charge on any atom is -0.399 e. The van der Waals surface area contributed by atoms with Gasteiger partial charge in [0.2, 0.25) is 11.8 Å². The van der Waals surface area contributed by atoms with E-state index in [0.29, 0.717) is 17.9 Å². The molecule has 0 fully saturated rings. The first-order valence-electron chi connectivity index (χ1n) is 6.22. The molecule has 0 aliphatic heterocycles. The summed E-state index contributed by atoms with van der Waals surface area (Å²) in [5.74, 6) is -0.293. The third-order valence-electron chi connectivity index (χ3n) is 2.47. The molecule has 6 nitrogen and oxygen atoms in total. The predicted molar refractivity (Wildman–Crippen MR) is 83.4 cm³/mol. The number of nitrogens with one attached hydrogen (secondary N) is 2. The lowest BCUT2D eigenvalue weighted by atomic mass is 10.3. The molecule has 0 aliphatic rings. The summed E-state index contributed by atoms with van der Waals surface area (Å²) in [6.45, 7) is 2.75. The molecule has 7 heteroatoms. The highest BCUT2D eigenvalue weighted by atomic mass is 79.9. The van der Waals surface area contributed by atoms with E-state index in [9.17, 15) is 9.59 Å². The molecule has 20 heavy (non-hydrogen) atoms. The Balaban J connectivity index is 2.49. The largest absolute Gasteiger partial charge is 0.399 e.